The van der Waals surface area contributed by atoms with Gasteiger partial charge < -0.3 is 24.2 Å². The zero-order valence-corrected chi connectivity index (χ0v) is 21.0. The second-order valence-electron chi connectivity index (χ2n) is 8.44. The van der Waals surface area contributed by atoms with Gasteiger partial charge in [0.1, 0.15) is 19.0 Å². The number of benzene rings is 2. The third kappa shape index (κ3) is 6.41. The van der Waals surface area contributed by atoms with Crippen LogP contribution in [0.5, 0.6) is 17.2 Å². The number of halogens is 1. The molecule has 8 heteroatoms. The fourth-order valence-corrected chi connectivity index (χ4v) is 4.46. The van der Waals surface area contributed by atoms with Crippen molar-refractivity contribution in [2.75, 3.05) is 19.8 Å². The Labute approximate surface area is 202 Å². The Morgan fingerprint density at radius 3 is 2.55 bits per heavy atom. The largest absolute Gasteiger partial charge is 0.486 e. The fourth-order valence-electron chi connectivity index (χ4n) is 3.85. The molecule has 2 aromatic carbocycles. The van der Waals surface area contributed by atoms with Gasteiger partial charge in [0.25, 0.3) is 5.91 Å². The van der Waals surface area contributed by atoms with Crippen LogP contribution in [-0.2, 0) is 16.1 Å². The molecule has 0 spiro atoms. The lowest BCUT2D eigenvalue weighted by molar-refractivity contribution is -0.141. The van der Waals surface area contributed by atoms with Gasteiger partial charge in [0.15, 0.2) is 17.6 Å². The lowest BCUT2D eigenvalue weighted by Gasteiger charge is -2.27. The number of hydrogen-bond donors (Lipinski definition) is 1. The monoisotopic (exact) mass is 519 g/mol. The van der Waals surface area contributed by atoms with E-state index in [9.17, 15) is 14.7 Å². The van der Waals surface area contributed by atoms with Crippen molar-refractivity contribution in [2.24, 2.45) is 0 Å². The normalized spacial score (nSPS) is 13.5. The van der Waals surface area contributed by atoms with Gasteiger partial charge in [-0.1, -0.05) is 19.9 Å². The molecule has 3 rings (SSSR count). The van der Waals surface area contributed by atoms with Gasteiger partial charge in [-0.3, -0.25) is 9.59 Å². The molecule has 178 valence electrons. The van der Waals surface area contributed by atoms with Gasteiger partial charge in [-0.15, -0.1) is 0 Å². The first kappa shape index (κ1) is 24.9. The number of hydrogen-bond acceptors (Lipinski definition) is 5. The van der Waals surface area contributed by atoms with Gasteiger partial charge in [0.2, 0.25) is 0 Å². The summed E-state index contributed by atoms with van der Waals surface area (Å²) in [7, 11) is 0. The number of carboxylic acid groups (broad SMARTS) is 1. The van der Waals surface area contributed by atoms with Crippen molar-refractivity contribution >= 4 is 27.8 Å². The molecule has 1 aliphatic rings. The molecule has 0 saturated carbocycles. The standard InChI is InChI=1S/C25H30BrNO6/c1-15(2)20-6-5-19(11-16(20)3)33-17(4)25(30)27(8-7-23(28)29)14-18-12-21(26)24-22(13-18)31-9-10-32-24/h5-6,11-13,15,17H,7-10,14H2,1-4H3,(H,28,29). The SMILES string of the molecule is Cc1cc(OC(C)C(=O)N(CCC(=O)O)Cc2cc(Br)c3c(c2)OCCO3)ccc1C(C)C. The quantitative estimate of drug-likeness (QED) is 0.505. The van der Waals surface area contributed by atoms with Gasteiger partial charge in [0.05, 0.1) is 10.9 Å². The molecule has 1 heterocycles. The van der Waals surface area contributed by atoms with E-state index in [-0.39, 0.29) is 25.4 Å². The van der Waals surface area contributed by atoms with Crippen LogP contribution in [0.15, 0.2) is 34.8 Å². The minimum absolute atomic E-state index is 0.0687. The summed E-state index contributed by atoms with van der Waals surface area (Å²) in [4.78, 5) is 25.9. The third-order valence-corrected chi connectivity index (χ3v) is 6.05. The van der Waals surface area contributed by atoms with E-state index in [0.717, 1.165) is 15.6 Å². The Morgan fingerprint density at radius 2 is 1.88 bits per heavy atom. The highest BCUT2D eigenvalue weighted by Crippen LogP contribution is 2.39. The molecule has 0 bridgehead atoms. The fraction of sp³-hybridized carbons (Fsp3) is 0.440. The molecular weight excluding hydrogens is 490 g/mol. The van der Waals surface area contributed by atoms with E-state index in [1.165, 1.54) is 10.5 Å². The second-order valence-corrected chi connectivity index (χ2v) is 9.29. The summed E-state index contributed by atoms with van der Waals surface area (Å²) < 4.78 is 18.0. The number of ether oxygens (including phenoxy) is 3. The molecular formula is C25H30BrNO6. The lowest BCUT2D eigenvalue weighted by atomic mass is 9.98. The average molecular weight is 520 g/mol. The van der Waals surface area contributed by atoms with Crippen molar-refractivity contribution in [1.82, 2.24) is 4.90 Å². The van der Waals surface area contributed by atoms with Crippen LogP contribution >= 0.6 is 15.9 Å². The van der Waals surface area contributed by atoms with Crippen molar-refractivity contribution in [1.29, 1.82) is 0 Å². The van der Waals surface area contributed by atoms with Crippen molar-refractivity contribution in [3.8, 4) is 17.2 Å². The summed E-state index contributed by atoms with van der Waals surface area (Å²) in [6.45, 7) is 9.18. The Bertz CT molecular complexity index is 1020. The number of carbonyl (C=O) groups excluding carboxylic acids is 1. The maximum absolute atomic E-state index is 13.2. The van der Waals surface area contributed by atoms with Crippen molar-refractivity contribution in [3.63, 3.8) is 0 Å². The molecule has 2 aromatic rings. The number of aryl methyl sites for hydroxylation is 1. The van der Waals surface area contributed by atoms with E-state index in [0.29, 0.717) is 36.4 Å². The predicted octanol–water partition coefficient (Wildman–Crippen LogP) is 4.92. The predicted molar refractivity (Wildman–Crippen MR) is 128 cm³/mol. The molecule has 1 unspecified atom stereocenters. The summed E-state index contributed by atoms with van der Waals surface area (Å²) >= 11 is 3.49. The first-order valence-electron chi connectivity index (χ1n) is 11.0. The van der Waals surface area contributed by atoms with Gasteiger partial charge >= 0.3 is 5.97 Å². The lowest BCUT2D eigenvalue weighted by Crippen LogP contribution is -2.41. The number of amides is 1. The highest BCUT2D eigenvalue weighted by molar-refractivity contribution is 9.10. The van der Waals surface area contributed by atoms with Crippen LogP contribution in [-0.4, -0.2) is 47.7 Å². The molecule has 0 saturated heterocycles. The molecule has 0 aliphatic carbocycles. The van der Waals surface area contributed by atoms with Gasteiger partial charge in [-0.05, 0) is 76.7 Å². The molecule has 0 radical (unpaired) electrons. The topological polar surface area (TPSA) is 85.3 Å². The summed E-state index contributed by atoms with van der Waals surface area (Å²) in [6.07, 6.45) is -0.935. The van der Waals surface area contributed by atoms with E-state index < -0.39 is 12.1 Å². The highest BCUT2D eigenvalue weighted by Gasteiger charge is 2.25. The van der Waals surface area contributed by atoms with E-state index >= 15 is 0 Å². The van der Waals surface area contributed by atoms with Crippen molar-refractivity contribution in [3.05, 3.63) is 51.5 Å². The van der Waals surface area contributed by atoms with Crippen LogP contribution in [0.3, 0.4) is 0 Å². The van der Waals surface area contributed by atoms with Crippen LogP contribution in [0, 0.1) is 6.92 Å². The first-order valence-corrected chi connectivity index (χ1v) is 11.8. The van der Waals surface area contributed by atoms with Crippen LogP contribution in [0.25, 0.3) is 0 Å². The van der Waals surface area contributed by atoms with E-state index in [4.69, 9.17) is 14.2 Å². The van der Waals surface area contributed by atoms with E-state index in [1.54, 1.807) is 6.92 Å². The van der Waals surface area contributed by atoms with Gasteiger partial charge in [-0.2, -0.15) is 0 Å². The number of nitrogens with zero attached hydrogens (tertiary/aromatic N) is 1. The minimum Gasteiger partial charge on any atom is -0.486 e. The minimum atomic E-state index is -0.968. The third-order valence-electron chi connectivity index (χ3n) is 5.46. The smallest absolute Gasteiger partial charge is 0.305 e. The van der Waals surface area contributed by atoms with Crippen molar-refractivity contribution < 1.29 is 28.9 Å². The van der Waals surface area contributed by atoms with Crippen LogP contribution in [0.2, 0.25) is 0 Å². The molecule has 1 amide bonds. The summed E-state index contributed by atoms with van der Waals surface area (Å²) in [5.41, 5.74) is 3.13. The first-order chi connectivity index (χ1) is 15.7. The molecule has 0 aromatic heterocycles. The molecule has 1 N–H and O–H groups in total. The highest BCUT2D eigenvalue weighted by atomic mass is 79.9. The maximum atomic E-state index is 13.2. The number of carbonyl (C=O) groups is 2. The molecule has 1 atom stereocenters. The Kier molecular flexibility index (Phi) is 8.24. The Hall–Kier alpha value is -2.74. The maximum Gasteiger partial charge on any atom is 0.305 e. The number of fused-ring (bicyclic) bond motifs is 1. The second kappa shape index (κ2) is 10.9. The number of rotatable bonds is 9. The summed E-state index contributed by atoms with van der Waals surface area (Å²) in [5.74, 6) is 0.983. The zero-order chi connectivity index (χ0) is 24.1. The zero-order valence-electron chi connectivity index (χ0n) is 19.4. The van der Waals surface area contributed by atoms with Crippen LogP contribution < -0.4 is 14.2 Å². The Morgan fingerprint density at radius 1 is 1.15 bits per heavy atom. The summed E-state index contributed by atoms with van der Waals surface area (Å²) in [5, 5.41) is 9.17. The van der Waals surface area contributed by atoms with Gasteiger partial charge in [0, 0.05) is 13.1 Å². The Balaban J connectivity index is 1.77. The van der Waals surface area contributed by atoms with Crippen LogP contribution in [0.1, 0.15) is 49.8 Å². The van der Waals surface area contributed by atoms with Crippen molar-refractivity contribution in [2.45, 2.75) is 52.7 Å². The summed E-state index contributed by atoms with van der Waals surface area (Å²) in [6, 6.07) is 9.49. The molecule has 7 nitrogen and oxygen atoms in total. The van der Waals surface area contributed by atoms with E-state index in [1.807, 2.05) is 37.3 Å². The molecule has 33 heavy (non-hydrogen) atoms. The number of aliphatic carboxylic acids is 1. The van der Waals surface area contributed by atoms with Crippen LogP contribution in [0.4, 0.5) is 0 Å². The molecule has 0 fully saturated rings. The number of carboxylic acids is 1. The van der Waals surface area contributed by atoms with E-state index in [2.05, 4.69) is 29.8 Å². The average Bonchev–Trinajstić information content (AvgIpc) is 2.75. The van der Waals surface area contributed by atoms with Gasteiger partial charge in [-0.25, -0.2) is 0 Å². The molecule has 1 aliphatic heterocycles.